The van der Waals surface area contributed by atoms with Crippen molar-refractivity contribution in [2.75, 3.05) is 6.61 Å². The Morgan fingerprint density at radius 2 is 2.17 bits per heavy atom. The van der Waals surface area contributed by atoms with Crippen LogP contribution < -0.4 is 0 Å². The van der Waals surface area contributed by atoms with Gasteiger partial charge in [0.05, 0.1) is 17.7 Å². The van der Waals surface area contributed by atoms with Gasteiger partial charge >= 0.3 is 5.97 Å². The van der Waals surface area contributed by atoms with Gasteiger partial charge in [-0.2, -0.15) is 0 Å². The second-order valence-electron chi connectivity index (χ2n) is 6.36. The molecule has 1 N–H and O–H groups in total. The number of carbonyl (C=O) groups is 2. The van der Waals surface area contributed by atoms with Crippen LogP contribution in [0.1, 0.15) is 48.8 Å². The molecule has 5 nitrogen and oxygen atoms in total. The molecule has 0 radical (unpaired) electrons. The molecule has 0 aromatic carbocycles. The number of hydrogen-bond donors (Lipinski definition) is 1. The average Bonchev–Trinajstić information content (AvgIpc) is 2.78. The van der Waals surface area contributed by atoms with E-state index in [0.717, 1.165) is 4.88 Å². The molecule has 6 heteroatoms. The van der Waals surface area contributed by atoms with Gasteiger partial charge in [-0.25, -0.2) is 9.79 Å². The van der Waals surface area contributed by atoms with Gasteiger partial charge in [-0.15, -0.1) is 11.3 Å². The number of rotatable bonds is 4. The summed E-state index contributed by atoms with van der Waals surface area (Å²) in [5, 5.41) is 10.6. The van der Waals surface area contributed by atoms with Crippen LogP contribution in [-0.4, -0.2) is 29.7 Å². The summed E-state index contributed by atoms with van der Waals surface area (Å²) in [4.78, 5) is 29.3. The number of allylic oxidation sites excluding steroid dienone is 2. The average molecular weight is 335 g/mol. The second kappa shape index (κ2) is 6.66. The summed E-state index contributed by atoms with van der Waals surface area (Å²) in [6.07, 6.45) is 2.17. The number of aryl methyl sites for hydroxylation is 1. The predicted molar refractivity (Wildman–Crippen MR) is 90.8 cm³/mol. The third-order valence-electron chi connectivity index (χ3n) is 3.54. The Morgan fingerprint density at radius 3 is 2.78 bits per heavy atom. The van der Waals surface area contributed by atoms with Crippen LogP contribution in [0, 0.1) is 12.3 Å². The Hall–Kier alpha value is -1.95. The largest absolute Gasteiger partial charge is 0.511 e. The minimum Gasteiger partial charge on any atom is -0.511 e. The number of esters is 1. The van der Waals surface area contributed by atoms with E-state index in [1.807, 2.05) is 20.8 Å². The highest BCUT2D eigenvalue weighted by molar-refractivity contribution is 7.16. The van der Waals surface area contributed by atoms with E-state index in [1.54, 1.807) is 13.0 Å². The van der Waals surface area contributed by atoms with Crippen molar-refractivity contribution >= 4 is 34.3 Å². The van der Waals surface area contributed by atoms with E-state index in [0.29, 0.717) is 23.4 Å². The van der Waals surface area contributed by atoms with Crippen LogP contribution in [-0.2, 0) is 9.53 Å². The molecule has 1 heterocycles. The van der Waals surface area contributed by atoms with E-state index in [9.17, 15) is 14.7 Å². The van der Waals surface area contributed by atoms with Crippen LogP contribution >= 0.6 is 11.3 Å². The van der Waals surface area contributed by atoms with Crippen molar-refractivity contribution in [2.24, 2.45) is 10.4 Å². The molecule has 0 aliphatic heterocycles. The fourth-order valence-corrected chi connectivity index (χ4v) is 3.36. The summed E-state index contributed by atoms with van der Waals surface area (Å²) in [6.45, 7) is 7.78. The van der Waals surface area contributed by atoms with Crippen LogP contribution in [0.5, 0.6) is 0 Å². The van der Waals surface area contributed by atoms with Gasteiger partial charge in [0.15, 0.2) is 5.78 Å². The maximum atomic E-state index is 12.2. The molecule has 1 aromatic rings. The SMILES string of the molecule is CCOC(=O)c1cc(C)sc1/N=C/C1=C(O)CC(C)(C)CC1=O. The molecule has 0 fully saturated rings. The fraction of sp³-hybridized carbons (Fsp3) is 0.471. The van der Waals surface area contributed by atoms with Crippen LogP contribution in [0.25, 0.3) is 0 Å². The Morgan fingerprint density at radius 1 is 1.48 bits per heavy atom. The number of thiophene rings is 1. The monoisotopic (exact) mass is 335 g/mol. The zero-order valence-corrected chi connectivity index (χ0v) is 14.6. The number of carbonyl (C=O) groups excluding carboxylic acids is 2. The first-order chi connectivity index (χ1) is 10.7. The minimum absolute atomic E-state index is 0.0564. The lowest BCUT2D eigenvalue weighted by atomic mass is 9.77. The van der Waals surface area contributed by atoms with Gasteiger partial charge in [0.1, 0.15) is 10.8 Å². The number of aliphatic hydroxyl groups excluding tert-OH is 1. The normalized spacial score (nSPS) is 17.8. The Bertz CT molecular complexity index is 697. The molecule has 0 spiro atoms. The first kappa shape index (κ1) is 17.4. The van der Waals surface area contributed by atoms with E-state index < -0.39 is 5.97 Å². The van der Waals surface area contributed by atoms with Crippen LogP contribution in [0.15, 0.2) is 22.4 Å². The number of Topliss-reactive ketones (excluding diaryl/α,β-unsaturated/α-hetero) is 1. The van der Waals surface area contributed by atoms with Crippen LogP contribution in [0.2, 0.25) is 0 Å². The van der Waals surface area contributed by atoms with Crippen molar-refractivity contribution in [1.29, 1.82) is 0 Å². The van der Waals surface area contributed by atoms with E-state index in [2.05, 4.69) is 4.99 Å². The molecule has 23 heavy (non-hydrogen) atoms. The third kappa shape index (κ3) is 4.07. The summed E-state index contributed by atoms with van der Waals surface area (Å²) in [6, 6.07) is 1.72. The first-order valence-electron chi connectivity index (χ1n) is 7.50. The number of ketones is 1. The molecule has 2 rings (SSSR count). The van der Waals surface area contributed by atoms with Gasteiger partial charge in [-0.3, -0.25) is 4.79 Å². The Labute approximate surface area is 139 Å². The highest BCUT2D eigenvalue weighted by atomic mass is 32.1. The molecular weight excluding hydrogens is 314 g/mol. The minimum atomic E-state index is -0.432. The van der Waals surface area contributed by atoms with Gasteiger partial charge in [0.25, 0.3) is 0 Å². The highest BCUT2D eigenvalue weighted by Gasteiger charge is 2.32. The summed E-state index contributed by atoms with van der Waals surface area (Å²) in [5.41, 5.74) is 0.369. The van der Waals surface area contributed by atoms with Gasteiger partial charge in [-0.05, 0) is 25.3 Å². The third-order valence-corrected chi connectivity index (χ3v) is 4.50. The Balaban J connectivity index is 2.31. The van der Waals surface area contributed by atoms with Crippen molar-refractivity contribution in [1.82, 2.24) is 0 Å². The molecule has 1 aliphatic rings. The van der Waals surface area contributed by atoms with Crippen molar-refractivity contribution in [3.8, 4) is 0 Å². The number of hydrogen-bond acceptors (Lipinski definition) is 6. The predicted octanol–water partition coefficient (Wildman–Crippen LogP) is 4.14. The molecule has 0 unspecified atom stereocenters. The van der Waals surface area contributed by atoms with Crippen LogP contribution in [0.3, 0.4) is 0 Å². The molecule has 0 saturated heterocycles. The first-order valence-corrected chi connectivity index (χ1v) is 8.32. The second-order valence-corrected chi connectivity index (χ2v) is 7.59. The van der Waals surface area contributed by atoms with E-state index >= 15 is 0 Å². The Kier molecular flexibility index (Phi) is 5.04. The molecule has 0 saturated carbocycles. The topological polar surface area (TPSA) is 76.0 Å². The summed E-state index contributed by atoms with van der Waals surface area (Å²) >= 11 is 1.35. The zero-order valence-electron chi connectivity index (χ0n) is 13.8. The number of ether oxygens (including phenoxy) is 1. The molecule has 124 valence electrons. The van der Waals surface area contributed by atoms with Gasteiger partial charge < -0.3 is 9.84 Å². The van der Waals surface area contributed by atoms with Gasteiger partial charge in [-0.1, -0.05) is 13.8 Å². The van der Waals surface area contributed by atoms with E-state index in [4.69, 9.17) is 4.74 Å². The smallest absolute Gasteiger partial charge is 0.341 e. The maximum Gasteiger partial charge on any atom is 0.341 e. The van der Waals surface area contributed by atoms with Crippen molar-refractivity contribution in [3.05, 3.63) is 27.8 Å². The molecular formula is C17H21NO4S. The molecule has 0 bridgehead atoms. The lowest BCUT2D eigenvalue weighted by Crippen LogP contribution is -2.26. The van der Waals surface area contributed by atoms with Crippen LogP contribution in [0.4, 0.5) is 5.00 Å². The van der Waals surface area contributed by atoms with Gasteiger partial charge in [0.2, 0.25) is 0 Å². The maximum absolute atomic E-state index is 12.2. The van der Waals surface area contributed by atoms with Crippen molar-refractivity contribution in [2.45, 2.75) is 40.5 Å². The fourth-order valence-electron chi connectivity index (χ4n) is 2.52. The summed E-state index contributed by atoms with van der Waals surface area (Å²) in [5.74, 6) is -0.507. The number of aliphatic hydroxyl groups is 1. The molecule has 0 atom stereocenters. The van der Waals surface area contributed by atoms with E-state index in [-0.39, 0.29) is 29.1 Å². The van der Waals surface area contributed by atoms with Crippen molar-refractivity contribution < 1.29 is 19.4 Å². The summed E-state index contributed by atoms with van der Waals surface area (Å²) < 4.78 is 5.01. The van der Waals surface area contributed by atoms with Gasteiger partial charge in [0, 0.05) is 23.9 Å². The molecule has 1 aliphatic carbocycles. The molecule has 1 aromatic heterocycles. The zero-order chi connectivity index (χ0) is 17.2. The van der Waals surface area contributed by atoms with Crippen molar-refractivity contribution in [3.63, 3.8) is 0 Å². The lowest BCUT2D eigenvalue weighted by molar-refractivity contribution is -0.117. The highest BCUT2D eigenvalue weighted by Crippen LogP contribution is 2.36. The molecule has 0 amide bonds. The van der Waals surface area contributed by atoms with E-state index in [1.165, 1.54) is 17.6 Å². The lowest BCUT2D eigenvalue weighted by Gasteiger charge is -2.28. The summed E-state index contributed by atoms with van der Waals surface area (Å²) in [7, 11) is 0. The standard InChI is InChI=1S/C17H21NO4S/c1-5-22-16(21)11-6-10(2)23-15(11)18-9-12-13(19)7-17(3,4)8-14(12)20/h6,9,19H,5,7-8H2,1-4H3/b18-9+. The quantitative estimate of drug-likeness (QED) is 0.663. The number of aliphatic imine (C=N–C) groups is 1. The number of nitrogens with zero attached hydrogens (tertiary/aromatic N) is 1.